The van der Waals surface area contributed by atoms with Crippen molar-refractivity contribution in [2.45, 2.75) is 53.5 Å². The first kappa shape index (κ1) is 18.5. The minimum absolute atomic E-state index is 0.237. The summed E-state index contributed by atoms with van der Waals surface area (Å²) in [6, 6.07) is 0.324. The third-order valence-corrected chi connectivity index (χ3v) is 4.82. The van der Waals surface area contributed by atoms with E-state index in [0.29, 0.717) is 12.0 Å². The van der Waals surface area contributed by atoms with Crippen LogP contribution < -0.4 is 0 Å². The quantitative estimate of drug-likeness (QED) is 0.843. The lowest BCUT2D eigenvalue weighted by atomic mass is 9.95. The van der Waals surface area contributed by atoms with Crippen molar-refractivity contribution < 1.29 is 4.79 Å². The van der Waals surface area contributed by atoms with Crippen LogP contribution in [0.5, 0.6) is 0 Å². The Hall–Kier alpha value is -2.24. The Labute approximate surface area is 155 Å². The Bertz CT molecular complexity index is 775. The Balaban J connectivity index is 1.67. The summed E-state index contributed by atoms with van der Waals surface area (Å²) in [7, 11) is 0. The molecule has 0 N–H and O–H groups in total. The van der Waals surface area contributed by atoms with Gasteiger partial charge in [-0.25, -0.2) is 4.98 Å². The second kappa shape index (κ2) is 7.17. The molecule has 6 heteroatoms. The van der Waals surface area contributed by atoms with E-state index in [2.05, 4.69) is 23.9 Å². The third kappa shape index (κ3) is 4.11. The number of hydrogen-bond acceptors (Lipinski definition) is 4. The molecule has 0 aromatic carbocycles. The van der Waals surface area contributed by atoms with Crippen LogP contribution in [0.1, 0.15) is 52.8 Å². The summed E-state index contributed by atoms with van der Waals surface area (Å²) in [4.78, 5) is 23.6. The summed E-state index contributed by atoms with van der Waals surface area (Å²) >= 11 is 0. The molecule has 0 saturated carbocycles. The molecule has 3 heterocycles. The Morgan fingerprint density at radius 3 is 2.69 bits per heavy atom. The van der Waals surface area contributed by atoms with Crippen LogP contribution >= 0.6 is 0 Å². The van der Waals surface area contributed by atoms with Gasteiger partial charge in [0.05, 0.1) is 23.8 Å². The molecule has 1 saturated heterocycles. The SMILES string of the molecule is CC(C)n1cc(-c2cncc(C[C@H]3CCN(C(=O)C(C)(C)C)C3)n2)cn1. The van der Waals surface area contributed by atoms with Crippen molar-refractivity contribution in [3.05, 3.63) is 30.5 Å². The van der Waals surface area contributed by atoms with Crippen LogP contribution in [-0.4, -0.2) is 43.6 Å². The van der Waals surface area contributed by atoms with Crippen molar-refractivity contribution in [2.75, 3.05) is 13.1 Å². The van der Waals surface area contributed by atoms with Crippen LogP contribution in [0.3, 0.4) is 0 Å². The monoisotopic (exact) mass is 355 g/mol. The number of amides is 1. The minimum Gasteiger partial charge on any atom is -0.342 e. The van der Waals surface area contributed by atoms with Gasteiger partial charge in [0.25, 0.3) is 0 Å². The fraction of sp³-hybridized carbons (Fsp3) is 0.600. The molecule has 1 aliphatic heterocycles. The molecule has 6 nitrogen and oxygen atoms in total. The van der Waals surface area contributed by atoms with Gasteiger partial charge < -0.3 is 4.90 Å². The number of aromatic nitrogens is 4. The highest BCUT2D eigenvalue weighted by Gasteiger charge is 2.32. The second-order valence-electron chi connectivity index (χ2n) is 8.56. The van der Waals surface area contributed by atoms with E-state index in [1.807, 2.05) is 48.9 Å². The van der Waals surface area contributed by atoms with E-state index in [1.165, 1.54) is 0 Å². The number of rotatable bonds is 4. The summed E-state index contributed by atoms with van der Waals surface area (Å²) in [5.74, 6) is 0.685. The summed E-state index contributed by atoms with van der Waals surface area (Å²) in [5, 5.41) is 4.38. The maximum atomic E-state index is 12.4. The number of carbonyl (C=O) groups excluding carboxylic acids is 1. The van der Waals surface area contributed by atoms with Crippen molar-refractivity contribution in [2.24, 2.45) is 11.3 Å². The van der Waals surface area contributed by atoms with Gasteiger partial charge in [0, 0.05) is 42.5 Å². The molecule has 1 fully saturated rings. The van der Waals surface area contributed by atoms with Crippen LogP contribution in [0.15, 0.2) is 24.8 Å². The first-order chi connectivity index (χ1) is 12.2. The Morgan fingerprint density at radius 1 is 1.27 bits per heavy atom. The van der Waals surface area contributed by atoms with Gasteiger partial charge in [-0.05, 0) is 32.6 Å². The largest absolute Gasteiger partial charge is 0.342 e. The van der Waals surface area contributed by atoms with Gasteiger partial charge in [0.2, 0.25) is 5.91 Å². The molecular formula is C20H29N5O. The highest BCUT2D eigenvalue weighted by Crippen LogP contribution is 2.26. The van der Waals surface area contributed by atoms with Crippen molar-refractivity contribution in [1.82, 2.24) is 24.6 Å². The molecule has 0 spiro atoms. The van der Waals surface area contributed by atoms with Gasteiger partial charge in [-0.1, -0.05) is 20.8 Å². The number of carbonyl (C=O) groups is 1. The Kier molecular flexibility index (Phi) is 5.12. The molecule has 0 bridgehead atoms. The molecule has 2 aromatic rings. The van der Waals surface area contributed by atoms with E-state index in [-0.39, 0.29) is 11.3 Å². The molecule has 1 amide bonds. The average molecular weight is 355 g/mol. The van der Waals surface area contributed by atoms with E-state index in [4.69, 9.17) is 4.98 Å². The zero-order valence-electron chi connectivity index (χ0n) is 16.4. The molecule has 3 rings (SSSR count). The zero-order chi connectivity index (χ0) is 18.9. The lowest BCUT2D eigenvalue weighted by molar-refractivity contribution is -0.138. The van der Waals surface area contributed by atoms with E-state index < -0.39 is 0 Å². The van der Waals surface area contributed by atoms with Gasteiger partial charge >= 0.3 is 0 Å². The molecule has 1 aliphatic rings. The van der Waals surface area contributed by atoms with Crippen LogP contribution in [0.25, 0.3) is 11.3 Å². The second-order valence-corrected chi connectivity index (χ2v) is 8.56. The van der Waals surface area contributed by atoms with Crippen LogP contribution in [0, 0.1) is 11.3 Å². The topological polar surface area (TPSA) is 63.9 Å². The molecule has 140 valence electrons. The van der Waals surface area contributed by atoms with E-state index in [9.17, 15) is 4.79 Å². The lowest BCUT2D eigenvalue weighted by Gasteiger charge is -2.25. The minimum atomic E-state index is -0.314. The molecule has 0 radical (unpaired) electrons. The Morgan fingerprint density at radius 2 is 2.04 bits per heavy atom. The zero-order valence-corrected chi connectivity index (χ0v) is 16.4. The molecule has 1 atom stereocenters. The number of hydrogen-bond donors (Lipinski definition) is 0. The normalized spacial score (nSPS) is 17.9. The standard InChI is InChI=1S/C20H29N5O/c1-14(2)25-13-16(9-22-25)18-11-21-10-17(23-18)8-15-6-7-24(12-15)19(26)20(3,4)5/h9-11,13-15H,6-8,12H2,1-5H3/t15-/m1/s1. The van der Waals surface area contributed by atoms with E-state index >= 15 is 0 Å². The summed E-state index contributed by atoms with van der Waals surface area (Å²) in [6.45, 7) is 11.8. The predicted octanol–water partition coefficient (Wildman–Crippen LogP) is 3.36. The fourth-order valence-corrected chi connectivity index (χ4v) is 3.35. The van der Waals surface area contributed by atoms with Crippen molar-refractivity contribution >= 4 is 5.91 Å². The lowest BCUT2D eigenvalue weighted by Crippen LogP contribution is -2.38. The van der Waals surface area contributed by atoms with E-state index in [1.54, 1.807) is 6.20 Å². The van der Waals surface area contributed by atoms with Gasteiger partial charge in [-0.2, -0.15) is 5.10 Å². The smallest absolute Gasteiger partial charge is 0.227 e. The van der Waals surface area contributed by atoms with Gasteiger partial charge in [-0.3, -0.25) is 14.5 Å². The van der Waals surface area contributed by atoms with Crippen molar-refractivity contribution in [3.8, 4) is 11.3 Å². The van der Waals surface area contributed by atoms with E-state index in [0.717, 1.165) is 42.9 Å². The fourth-order valence-electron chi connectivity index (χ4n) is 3.35. The molecule has 2 aromatic heterocycles. The highest BCUT2D eigenvalue weighted by molar-refractivity contribution is 5.81. The first-order valence-electron chi connectivity index (χ1n) is 9.39. The molecule has 0 unspecified atom stereocenters. The van der Waals surface area contributed by atoms with Crippen molar-refractivity contribution in [1.29, 1.82) is 0 Å². The van der Waals surface area contributed by atoms with Crippen LogP contribution in [0.2, 0.25) is 0 Å². The maximum Gasteiger partial charge on any atom is 0.227 e. The van der Waals surface area contributed by atoms with Crippen LogP contribution in [0.4, 0.5) is 0 Å². The van der Waals surface area contributed by atoms with Gasteiger partial charge in [0.15, 0.2) is 0 Å². The summed E-state index contributed by atoms with van der Waals surface area (Å²) < 4.78 is 1.93. The molecule has 26 heavy (non-hydrogen) atoms. The number of likely N-dealkylation sites (tertiary alicyclic amines) is 1. The summed E-state index contributed by atoms with van der Waals surface area (Å²) in [5.41, 5.74) is 2.51. The molecular weight excluding hydrogens is 326 g/mol. The predicted molar refractivity (Wildman–Crippen MR) is 101 cm³/mol. The summed E-state index contributed by atoms with van der Waals surface area (Å²) in [6.07, 6.45) is 9.36. The number of nitrogens with zero attached hydrogens (tertiary/aromatic N) is 5. The maximum absolute atomic E-state index is 12.4. The van der Waals surface area contributed by atoms with Gasteiger partial charge in [0.1, 0.15) is 0 Å². The van der Waals surface area contributed by atoms with Crippen LogP contribution in [-0.2, 0) is 11.2 Å². The third-order valence-electron chi connectivity index (χ3n) is 4.82. The first-order valence-corrected chi connectivity index (χ1v) is 9.39. The molecule has 0 aliphatic carbocycles. The van der Waals surface area contributed by atoms with Crippen molar-refractivity contribution in [3.63, 3.8) is 0 Å². The highest BCUT2D eigenvalue weighted by atomic mass is 16.2. The van der Waals surface area contributed by atoms with Gasteiger partial charge in [-0.15, -0.1) is 0 Å². The average Bonchev–Trinajstić information content (AvgIpc) is 3.23.